The fourth-order valence-electron chi connectivity index (χ4n) is 2.26. The summed E-state index contributed by atoms with van der Waals surface area (Å²) in [5.41, 5.74) is 0.825. The molecule has 2 aromatic rings. The zero-order chi connectivity index (χ0) is 12.7. The number of fused-ring (bicyclic) bond motifs is 1. The van der Waals surface area contributed by atoms with Crippen molar-refractivity contribution in [3.05, 3.63) is 42.2 Å². The fraction of sp³-hybridized carbons (Fsp3) is 0.154. The van der Waals surface area contributed by atoms with Crippen LogP contribution in [0.3, 0.4) is 0 Å². The van der Waals surface area contributed by atoms with E-state index >= 15 is 0 Å². The van der Waals surface area contributed by atoms with Crippen LogP contribution in [0, 0.1) is 0 Å². The number of amides is 2. The number of carbonyl (C=O) groups excluding carboxylic acids is 2. The van der Waals surface area contributed by atoms with Crippen molar-refractivity contribution in [1.29, 1.82) is 0 Å². The van der Waals surface area contributed by atoms with Gasteiger partial charge in [0.05, 0.1) is 5.92 Å². The van der Waals surface area contributed by atoms with E-state index in [0.717, 1.165) is 16.3 Å². The van der Waals surface area contributed by atoms with Crippen LogP contribution in [0.25, 0.3) is 10.8 Å². The first-order chi connectivity index (χ1) is 8.68. The lowest BCUT2D eigenvalue weighted by molar-refractivity contribution is -0.125. The van der Waals surface area contributed by atoms with Crippen molar-refractivity contribution in [2.45, 2.75) is 10.7 Å². The van der Waals surface area contributed by atoms with Gasteiger partial charge in [-0.25, -0.2) is 0 Å². The van der Waals surface area contributed by atoms with E-state index in [0.29, 0.717) is 0 Å². The predicted octanol–water partition coefficient (Wildman–Crippen LogP) is 1.74. The minimum absolute atomic E-state index is 0.266. The third-order valence-electron chi connectivity index (χ3n) is 3.12. The van der Waals surface area contributed by atoms with Gasteiger partial charge in [0.15, 0.2) is 0 Å². The smallest absolute Gasteiger partial charge is 0.241 e. The van der Waals surface area contributed by atoms with Gasteiger partial charge in [-0.15, -0.1) is 0 Å². The highest BCUT2D eigenvalue weighted by Crippen LogP contribution is 2.34. The summed E-state index contributed by atoms with van der Waals surface area (Å²) < 4.78 is 0. The van der Waals surface area contributed by atoms with E-state index in [2.05, 4.69) is 26.2 Å². The maximum Gasteiger partial charge on any atom is 0.241 e. The Hall–Kier alpha value is -1.75. The molecule has 1 saturated heterocycles. The number of aromatic nitrogens is 1. The van der Waals surface area contributed by atoms with Crippen molar-refractivity contribution in [3.63, 3.8) is 0 Å². The van der Waals surface area contributed by atoms with E-state index in [-0.39, 0.29) is 11.8 Å². The number of carbonyl (C=O) groups is 2. The molecule has 1 aliphatic heterocycles. The topological polar surface area (TPSA) is 59.1 Å². The van der Waals surface area contributed by atoms with Crippen LogP contribution >= 0.6 is 15.9 Å². The molecule has 18 heavy (non-hydrogen) atoms. The van der Waals surface area contributed by atoms with Gasteiger partial charge in [-0.05, 0) is 17.0 Å². The monoisotopic (exact) mass is 304 g/mol. The molecule has 0 aliphatic carbocycles. The molecular weight excluding hydrogens is 296 g/mol. The van der Waals surface area contributed by atoms with Crippen molar-refractivity contribution >= 4 is 38.5 Å². The minimum atomic E-state index is -0.518. The zero-order valence-electron chi connectivity index (χ0n) is 9.26. The molecule has 3 rings (SSSR count). The first-order valence-electron chi connectivity index (χ1n) is 5.50. The van der Waals surface area contributed by atoms with Crippen molar-refractivity contribution in [1.82, 2.24) is 10.3 Å². The van der Waals surface area contributed by atoms with Gasteiger partial charge in [0, 0.05) is 17.8 Å². The second kappa shape index (κ2) is 4.17. The van der Waals surface area contributed by atoms with E-state index in [1.807, 2.05) is 24.3 Å². The molecule has 2 amide bonds. The number of hydrogen-bond acceptors (Lipinski definition) is 3. The molecular formula is C13H9BrN2O2. The molecule has 5 heteroatoms. The molecule has 90 valence electrons. The Morgan fingerprint density at radius 1 is 1.17 bits per heavy atom. The average molecular weight is 305 g/mol. The van der Waals surface area contributed by atoms with E-state index < -0.39 is 10.7 Å². The molecule has 2 unspecified atom stereocenters. The molecule has 1 fully saturated rings. The third-order valence-corrected chi connectivity index (χ3v) is 4.07. The zero-order valence-corrected chi connectivity index (χ0v) is 10.8. The second-order valence-electron chi connectivity index (χ2n) is 4.18. The van der Waals surface area contributed by atoms with Crippen LogP contribution in [-0.4, -0.2) is 21.6 Å². The fourth-order valence-corrected chi connectivity index (χ4v) is 2.90. The highest BCUT2D eigenvalue weighted by Gasteiger charge is 2.41. The second-order valence-corrected chi connectivity index (χ2v) is 5.16. The Kier molecular flexibility index (Phi) is 2.63. The van der Waals surface area contributed by atoms with Gasteiger partial charge in [-0.3, -0.25) is 19.9 Å². The molecule has 0 bridgehead atoms. The van der Waals surface area contributed by atoms with Crippen LogP contribution in [0.15, 0.2) is 36.7 Å². The van der Waals surface area contributed by atoms with Gasteiger partial charge in [0.1, 0.15) is 4.83 Å². The highest BCUT2D eigenvalue weighted by atomic mass is 79.9. The Morgan fingerprint density at radius 3 is 2.72 bits per heavy atom. The summed E-state index contributed by atoms with van der Waals surface area (Å²) in [6.07, 6.45) is 3.43. The summed E-state index contributed by atoms with van der Waals surface area (Å²) in [6, 6.07) is 7.59. The molecule has 1 N–H and O–H groups in total. The molecule has 2 atom stereocenters. The standard InChI is InChI=1S/C13H9BrN2O2/c14-11-10(12(17)16-13(11)18)8-3-1-2-7-4-5-15-6-9(7)8/h1-6,10-11H,(H,16,17,18). The number of nitrogens with one attached hydrogen (secondary N) is 1. The molecule has 0 spiro atoms. The number of pyridine rings is 1. The maximum atomic E-state index is 11.9. The quantitative estimate of drug-likeness (QED) is 0.645. The third kappa shape index (κ3) is 1.62. The molecule has 4 nitrogen and oxygen atoms in total. The number of benzene rings is 1. The van der Waals surface area contributed by atoms with E-state index in [1.54, 1.807) is 12.4 Å². The first-order valence-corrected chi connectivity index (χ1v) is 6.41. The number of rotatable bonds is 1. The lowest BCUT2D eigenvalue weighted by atomic mass is 9.93. The van der Waals surface area contributed by atoms with Crippen LogP contribution in [-0.2, 0) is 9.59 Å². The van der Waals surface area contributed by atoms with Gasteiger partial charge >= 0.3 is 0 Å². The van der Waals surface area contributed by atoms with Crippen LogP contribution in [0.2, 0.25) is 0 Å². The van der Waals surface area contributed by atoms with Crippen molar-refractivity contribution in [3.8, 4) is 0 Å². The lowest BCUT2D eigenvalue weighted by Crippen LogP contribution is -2.22. The van der Waals surface area contributed by atoms with Crippen molar-refractivity contribution < 1.29 is 9.59 Å². The summed E-state index contributed by atoms with van der Waals surface area (Å²) in [6.45, 7) is 0. The van der Waals surface area contributed by atoms with Gasteiger partial charge in [0.25, 0.3) is 0 Å². The summed E-state index contributed by atoms with van der Waals surface area (Å²) in [5, 5.41) is 4.25. The average Bonchev–Trinajstić information content (AvgIpc) is 2.63. The molecule has 1 aromatic heterocycles. The number of hydrogen-bond donors (Lipinski definition) is 1. The molecule has 0 radical (unpaired) electrons. The van der Waals surface area contributed by atoms with E-state index in [4.69, 9.17) is 0 Å². The lowest BCUT2D eigenvalue weighted by Gasteiger charge is -2.12. The SMILES string of the molecule is O=C1NC(=O)C(c2cccc3ccncc23)C1Br. The number of halogens is 1. The van der Waals surface area contributed by atoms with Crippen LogP contribution in [0.4, 0.5) is 0 Å². The Balaban J connectivity index is 2.20. The normalized spacial score (nSPS) is 23.4. The van der Waals surface area contributed by atoms with Gasteiger partial charge in [0.2, 0.25) is 11.8 Å². The molecule has 1 aromatic carbocycles. The van der Waals surface area contributed by atoms with E-state index in [9.17, 15) is 9.59 Å². The number of imide groups is 1. The van der Waals surface area contributed by atoms with Crippen molar-refractivity contribution in [2.75, 3.05) is 0 Å². The summed E-state index contributed by atoms with van der Waals surface area (Å²) in [7, 11) is 0. The minimum Gasteiger partial charge on any atom is -0.295 e. The number of nitrogens with zero attached hydrogens (tertiary/aromatic N) is 1. The maximum absolute atomic E-state index is 11.9. The van der Waals surface area contributed by atoms with Crippen LogP contribution in [0.1, 0.15) is 11.5 Å². The predicted molar refractivity (Wildman–Crippen MR) is 70.3 cm³/mol. The number of alkyl halides is 1. The van der Waals surface area contributed by atoms with Crippen LogP contribution < -0.4 is 5.32 Å². The van der Waals surface area contributed by atoms with Crippen LogP contribution in [0.5, 0.6) is 0 Å². The Bertz CT molecular complexity index is 651. The molecule has 1 aliphatic rings. The molecule has 0 saturated carbocycles. The van der Waals surface area contributed by atoms with Gasteiger partial charge in [-0.1, -0.05) is 34.1 Å². The summed E-state index contributed by atoms with van der Waals surface area (Å²) in [5.74, 6) is -1.05. The highest BCUT2D eigenvalue weighted by molar-refractivity contribution is 9.10. The Morgan fingerprint density at radius 2 is 2.00 bits per heavy atom. The van der Waals surface area contributed by atoms with Crippen molar-refractivity contribution in [2.24, 2.45) is 0 Å². The largest absolute Gasteiger partial charge is 0.295 e. The first kappa shape index (κ1) is 11.3. The summed E-state index contributed by atoms with van der Waals surface area (Å²) in [4.78, 5) is 26.9. The Labute approximate surface area is 112 Å². The van der Waals surface area contributed by atoms with E-state index in [1.165, 1.54) is 0 Å². The van der Waals surface area contributed by atoms with Gasteiger partial charge in [-0.2, -0.15) is 0 Å². The summed E-state index contributed by atoms with van der Waals surface area (Å²) >= 11 is 3.28. The van der Waals surface area contributed by atoms with Gasteiger partial charge < -0.3 is 0 Å². The molecule has 2 heterocycles.